The van der Waals surface area contributed by atoms with Crippen LogP contribution in [0, 0.1) is 0 Å². The summed E-state index contributed by atoms with van der Waals surface area (Å²) in [7, 11) is 6.31. The number of hydrogen-bond acceptors (Lipinski definition) is 1. The van der Waals surface area contributed by atoms with Crippen LogP contribution in [-0.4, -0.2) is 36.7 Å². The molecular formula is C11H16NO2+. The summed E-state index contributed by atoms with van der Waals surface area (Å²) in [6, 6.07) is 7.03. The number of carboxylic acids is 1. The third-order valence-corrected chi connectivity index (χ3v) is 1.86. The summed E-state index contributed by atoms with van der Waals surface area (Å²) in [6.07, 6.45) is 0. The van der Waals surface area contributed by atoms with Gasteiger partial charge in [0.1, 0.15) is 6.54 Å². The molecule has 0 fully saturated rings. The zero-order valence-corrected chi connectivity index (χ0v) is 8.82. The first-order chi connectivity index (χ1) is 6.38. The molecule has 0 aliphatic rings. The first-order valence-electron chi connectivity index (χ1n) is 4.51. The lowest BCUT2D eigenvalue weighted by Crippen LogP contribution is -2.33. The van der Waals surface area contributed by atoms with Crippen LogP contribution in [-0.2, 0) is 6.54 Å². The molecule has 1 N–H and O–H groups in total. The molecule has 0 saturated carbocycles. The highest BCUT2D eigenvalue weighted by molar-refractivity contribution is 5.87. The van der Waals surface area contributed by atoms with Crippen LogP contribution >= 0.6 is 0 Å². The first kappa shape index (κ1) is 10.7. The number of aromatic carboxylic acids is 1. The fourth-order valence-corrected chi connectivity index (χ4v) is 1.30. The maximum absolute atomic E-state index is 10.6. The number of nitrogens with zero attached hydrogens (tertiary/aromatic N) is 1. The highest BCUT2D eigenvalue weighted by Crippen LogP contribution is 2.08. The van der Waals surface area contributed by atoms with Crippen molar-refractivity contribution in [3.05, 3.63) is 35.4 Å². The van der Waals surface area contributed by atoms with Gasteiger partial charge in [-0.15, -0.1) is 0 Å². The van der Waals surface area contributed by atoms with E-state index in [0.29, 0.717) is 5.56 Å². The number of rotatable bonds is 3. The van der Waals surface area contributed by atoms with Gasteiger partial charge in [-0.25, -0.2) is 4.79 Å². The van der Waals surface area contributed by atoms with E-state index in [1.165, 1.54) is 0 Å². The molecule has 0 aromatic heterocycles. The van der Waals surface area contributed by atoms with Gasteiger partial charge in [0.2, 0.25) is 0 Å². The Morgan fingerprint density at radius 2 is 1.71 bits per heavy atom. The number of quaternary nitrogens is 1. The number of benzene rings is 1. The molecule has 0 amide bonds. The second-order valence-electron chi connectivity index (χ2n) is 4.45. The Kier molecular flexibility index (Phi) is 2.91. The Bertz CT molecular complexity index is 322. The second kappa shape index (κ2) is 3.80. The van der Waals surface area contributed by atoms with Crippen molar-refractivity contribution in [3.8, 4) is 0 Å². The molecule has 0 unspecified atom stereocenters. The largest absolute Gasteiger partial charge is 0.478 e. The standard InChI is InChI=1S/C11H15NO2/c1-12(2,3)8-9-4-6-10(7-5-9)11(13)14/h4-7H,8H2,1-3H3/p+1. The minimum absolute atomic E-state index is 0.343. The zero-order chi connectivity index (χ0) is 10.8. The predicted molar refractivity (Wildman–Crippen MR) is 55.1 cm³/mol. The minimum Gasteiger partial charge on any atom is -0.478 e. The summed E-state index contributed by atoms with van der Waals surface area (Å²) in [5.41, 5.74) is 1.50. The van der Waals surface area contributed by atoms with Crippen molar-refractivity contribution in [1.29, 1.82) is 0 Å². The summed E-state index contributed by atoms with van der Waals surface area (Å²) in [6.45, 7) is 0.903. The number of carbonyl (C=O) groups is 1. The van der Waals surface area contributed by atoms with Gasteiger partial charge in [-0.1, -0.05) is 12.1 Å². The molecule has 0 heterocycles. The van der Waals surface area contributed by atoms with Crippen LogP contribution in [0.2, 0.25) is 0 Å². The van der Waals surface area contributed by atoms with Gasteiger partial charge in [-0.3, -0.25) is 0 Å². The van der Waals surface area contributed by atoms with Gasteiger partial charge in [-0.05, 0) is 12.1 Å². The van der Waals surface area contributed by atoms with E-state index >= 15 is 0 Å². The quantitative estimate of drug-likeness (QED) is 0.742. The number of hydrogen-bond donors (Lipinski definition) is 1. The Hall–Kier alpha value is -1.35. The lowest BCUT2D eigenvalue weighted by Gasteiger charge is -2.23. The molecule has 1 aromatic carbocycles. The van der Waals surface area contributed by atoms with Gasteiger partial charge in [-0.2, -0.15) is 0 Å². The average molecular weight is 194 g/mol. The Balaban J connectivity index is 2.79. The van der Waals surface area contributed by atoms with Crippen molar-refractivity contribution < 1.29 is 14.4 Å². The maximum atomic E-state index is 10.6. The second-order valence-corrected chi connectivity index (χ2v) is 4.45. The van der Waals surface area contributed by atoms with Crippen molar-refractivity contribution in [2.24, 2.45) is 0 Å². The van der Waals surface area contributed by atoms with E-state index in [9.17, 15) is 4.79 Å². The van der Waals surface area contributed by atoms with Crippen LogP contribution in [0.4, 0.5) is 0 Å². The van der Waals surface area contributed by atoms with E-state index in [0.717, 1.165) is 16.6 Å². The Morgan fingerprint density at radius 3 is 2.07 bits per heavy atom. The van der Waals surface area contributed by atoms with E-state index in [1.54, 1.807) is 12.1 Å². The fourth-order valence-electron chi connectivity index (χ4n) is 1.30. The third kappa shape index (κ3) is 3.18. The van der Waals surface area contributed by atoms with Crippen molar-refractivity contribution in [2.45, 2.75) is 6.54 Å². The molecule has 0 spiro atoms. The molecule has 14 heavy (non-hydrogen) atoms. The molecule has 0 aliphatic carbocycles. The van der Waals surface area contributed by atoms with Crippen molar-refractivity contribution in [2.75, 3.05) is 21.1 Å². The molecule has 0 atom stereocenters. The number of carboxylic acid groups (broad SMARTS) is 1. The van der Waals surface area contributed by atoms with Gasteiger partial charge in [0.15, 0.2) is 0 Å². The summed E-state index contributed by atoms with van der Waals surface area (Å²) in [4.78, 5) is 10.6. The van der Waals surface area contributed by atoms with Crippen molar-refractivity contribution >= 4 is 5.97 Å². The molecule has 0 bridgehead atoms. The van der Waals surface area contributed by atoms with Crippen LogP contribution in [0.15, 0.2) is 24.3 Å². The Labute approximate surface area is 84.2 Å². The molecule has 1 rings (SSSR count). The zero-order valence-electron chi connectivity index (χ0n) is 8.82. The Morgan fingerprint density at radius 1 is 1.21 bits per heavy atom. The van der Waals surface area contributed by atoms with Crippen molar-refractivity contribution in [1.82, 2.24) is 0 Å². The molecule has 1 aromatic rings. The monoisotopic (exact) mass is 194 g/mol. The lowest BCUT2D eigenvalue weighted by atomic mass is 10.1. The van der Waals surface area contributed by atoms with Crippen LogP contribution in [0.5, 0.6) is 0 Å². The SMILES string of the molecule is C[N+](C)(C)Cc1ccc(C(=O)O)cc1. The lowest BCUT2D eigenvalue weighted by molar-refractivity contribution is -0.884. The van der Waals surface area contributed by atoms with Gasteiger partial charge in [0.25, 0.3) is 0 Å². The van der Waals surface area contributed by atoms with Crippen LogP contribution in [0.1, 0.15) is 15.9 Å². The van der Waals surface area contributed by atoms with Gasteiger partial charge in [0.05, 0.1) is 26.7 Å². The first-order valence-corrected chi connectivity index (χ1v) is 4.51. The minimum atomic E-state index is -0.873. The highest BCUT2D eigenvalue weighted by Gasteiger charge is 2.09. The van der Waals surface area contributed by atoms with E-state index in [4.69, 9.17) is 5.11 Å². The van der Waals surface area contributed by atoms with E-state index < -0.39 is 5.97 Å². The predicted octanol–water partition coefficient (Wildman–Crippen LogP) is 1.59. The van der Waals surface area contributed by atoms with Crippen LogP contribution in [0.25, 0.3) is 0 Å². The normalized spacial score (nSPS) is 11.4. The molecule has 0 saturated heterocycles. The topological polar surface area (TPSA) is 37.3 Å². The molecule has 3 nitrogen and oxygen atoms in total. The third-order valence-electron chi connectivity index (χ3n) is 1.86. The smallest absolute Gasteiger partial charge is 0.335 e. The van der Waals surface area contributed by atoms with Crippen LogP contribution < -0.4 is 0 Å². The summed E-state index contributed by atoms with van der Waals surface area (Å²) >= 11 is 0. The van der Waals surface area contributed by atoms with E-state index in [1.807, 2.05) is 12.1 Å². The van der Waals surface area contributed by atoms with Gasteiger partial charge < -0.3 is 9.59 Å². The molecular weight excluding hydrogens is 178 g/mol. The molecule has 3 heteroatoms. The maximum Gasteiger partial charge on any atom is 0.335 e. The molecule has 76 valence electrons. The highest BCUT2D eigenvalue weighted by atomic mass is 16.4. The van der Waals surface area contributed by atoms with Crippen molar-refractivity contribution in [3.63, 3.8) is 0 Å². The van der Waals surface area contributed by atoms with Crippen LogP contribution in [0.3, 0.4) is 0 Å². The van der Waals surface area contributed by atoms with Gasteiger partial charge in [0, 0.05) is 5.56 Å². The molecule has 0 aliphatic heterocycles. The average Bonchev–Trinajstić information content (AvgIpc) is 2.02. The molecule has 0 radical (unpaired) electrons. The summed E-state index contributed by atoms with van der Waals surface area (Å²) in [5, 5.41) is 8.70. The van der Waals surface area contributed by atoms with E-state index in [2.05, 4.69) is 21.1 Å². The van der Waals surface area contributed by atoms with Gasteiger partial charge >= 0.3 is 5.97 Å². The summed E-state index contributed by atoms with van der Waals surface area (Å²) < 4.78 is 0.840. The van der Waals surface area contributed by atoms with E-state index in [-0.39, 0.29) is 0 Å². The fraction of sp³-hybridized carbons (Fsp3) is 0.364. The summed E-state index contributed by atoms with van der Waals surface area (Å²) in [5.74, 6) is -0.873.